The molecule has 0 saturated heterocycles. The van der Waals surface area contributed by atoms with E-state index in [9.17, 15) is 5.11 Å². The number of halogens is 1. The van der Waals surface area contributed by atoms with Crippen molar-refractivity contribution in [3.63, 3.8) is 0 Å². The predicted molar refractivity (Wildman–Crippen MR) is 76.4 cm³/mol. The van der Waals surface area contributed by atoms with Crippen LogP contribution in [-0.4, -0.2) is 11.7 Å². The Morgan fingerprint density at radius 1 is 1.11 bits per heavy atom. The molecule has 0 aliphatic carbocycles. The molecule has 19 heavy (non-hydrogen) atoms. The molecule has 0 fully saturated rings. The third-order valence-electron chi connectivity index (χ3n) is 2.63. The zero-order valence-electron chi connectivity index (χ0n) is 10.1. The summed E-state index contributed by atoms with van der Waals surface area (Å²) in [7, 11) is 0. The lowest BCUT2D eigenvalue weighted by atomic mass is 10.1. The van der Waals surface area contributed by atoms with Gasteiger partial charge >= 0.3 is 0 Å². The molecule has 2 aromatic carbocycles. The minimum absolute atomic E-state index is 0.0500. The molecule has 1 unspecified atom stereocenters. The molecule has 0 saturated carbocycles. The van der Waals surface area contributed by atoms with Crippen molar-refractivity contribution in [1.82, 2.24) is 0 Å². The van der Waals surface area contributed by atoms with Gasteiger partial charge in [-0.2, -0.15) is 5.26 Å². The summed E-state index contributed by atoms with van der Waals surface area (Å²) in [6.45, 7) is 0.469. The van der Waals surface area contributed by atoms with Crippen LogP contribution in [0.4, 0.5) is 0 Å². The highest BCUT2D eigenvalue weighted by Gasteiger charge is 2.08. The number of hydrogen-bond donors (Lipinski definition) is 1. The maximum Gasteiger partial charge on any atom is 0.119 e. The minimum atomic E-state index is 0.0500. The van der Waals surface area contributed by atoms with Crippen molar-refractivity contribution in [3.05, 3.63) is 59.7 Å². The normalized spacial score (nSPS) is 11.6. The SMILES string of the molecule is N#Cc1ccc(C(Br)COc2ccc(O)cc2)cc1. The maximum atomic E-state index is 9.17. The van der Waals surface area contributed by atoms with Crippen LogP contribution in [0.5, 0.6) is 11.5 Å². The van der Waals surface area contributed by atoms with E-state index in [-0.39, 0.29) is 10.6 Å². The van der Waals surface area contributed by atoms with Gasteiger partial charge in [-0.3, -0.25) is 0 Å². The molecule has 1 atom stereocenters. The monoisotopic (exact) mass is 317 g/mol. The van der Waals surface area contributed by atoms with E-state index >= 15 is 0 Å². The molecule has 0 spiro atoms. The van der Waals surface area contributed by atoms with Crippen LogP contribution in [0.15, 0.2) is 48.5 Å². The first kappa shape index (κ1) is 13.4. The van der Waals surface area contributed by atoms with Crippen LogP contribution in [-0.2, 0) is 0 Å². The van der Waals surface area contributed by atoms with Crippen molar-refractivity contribution in [2.45, 2.75) is 4.83 Å². The molecule has 2 aromatic rings. The lowest BCUT2D eigenvalue weighted by molar-refractivity contribution is 0.320. The number of nitrogens with zero attached hydrogens (tertiary/aromatic N) is 1. The second-order valence-corrected chi connectivity index (χ2v) is 5.11. The molecule has 0 bridgehead atoms. The molecular formula is C15H12BrNO2. The van der Waals surface area contributed by atoms with Crippen LogP contribution >= 0.6 is 15.9 Å². The van der Waals surface area contributed by atoms with Gasteiger partial charge < -0.3 is 9.84 Å². The van der Waals surface area contributed by atoms with E-state index in [0.717, 1.165) is 5.56 Å². The molecule has 0 amide bonds. The zero-order chi connectivity index (χ0) is 13.7. The van der Waals surface area contributed by atoms with Gasteiger partial charge in [0.1, 0.15) is 18.1 Å². The van der Waals surface area contributed by atoms with Gasteiger partial charge in [-0.05, 0) is 42.0 Å². The number of alkyl halides is 1. The van der Waals surface area contributed by atoms with E-state index in [1.165, 1.54) is 0 Å². The van der Waals surface area contributed by atoms with Gasteiger partial charge in [0.15, 0.2) is 0 Å². The Bertz CT molecular complexity index is 573. The molecule has 2 rings (SSSR count). The van der Waals surface area contributed by atoms with Gasteiger partial charge in [0.05, 0.1) is 16.5 Å². The van der Waals surface area contributed by atoms with Crippen LogP contribution in [0, 0.1) is 11.3 Å². The highest BCUT2D eigenvalue weighted by atomic mass is 79.9. The van der Waals surface area contributed by atoms with Crippen molar-refractivity contribution in [2.24, 2.45) is 0 Å². The Kier molecular flexibility index (Phi) is 4.43. The van der Waals surface area contributed by atoms with E-state index in [0.29, 0.717) is 17.9 Å². The lowest BCUT2D eigenvalue weighted by Gasteiger charge is -2.12. The number of rotatable bonds is 4. The summed E-state index contributed by atoms with van der Waals surface area (Å²) in [5.74, 6) is 0.922. The smallest absolute Gasteiger partial charge is 0.119 e. The standard InChI is InChI=1S/C15H12BrNO2/c16-15(12-3-1-11(9-17)2-4-12)10-19-14-7-5-13(18)6-8-14/h1-8,15,18H,10H2. The average molecular weight is 318 g/mol. The molecule has 4 heteroatoms. The molecule has 0 aliphatic heterocycles. The third kappa shape index (κ3) is 3.73. The van der Waals surface area contributed by atoms with Crippen molar-refractivity contribution < 1.29 is 9.84 Å². The predicted octanol–water partition coefficient (Wildman–Crippen LogP) is 3.78. The summed E-state index contributed by atoms with van der Waals surface area (Å²) >= 11 is 3.55. The third-order valence-corrected chi connectivity index (χ3v) is 3.43. The second kappa shape index (κ2) is 6.26. The number of nitriles is 1. The number of aromatic hydroxyl groups is 1. The fraction of sp³-hybridized carbons (Fsp3) is 0.133. The summed E-state index contributed by atoms with van der Waals surface area (Å²) < 4.78 is 5.61. The number of ether oxygens (including phenoxy) is 1. The van der Waals surface area contributed by atoms with Crippen LogP contribution in [0.2, 0.25) is 0 Å². The first-order valence-corrected chi connectivity index (χ1v) is 6.66. The van der Waals surface area contributed by atoms with E-state index in [1.807, 2.05) is 12.1 Å². The molecule has 1 N–H and O–H groups in total. The van der Waals surface area contributed by atoms with Crippen molar-refractivity contribution in [2.75, 3.05) is 6.61 Å². The van der Waals surface area contributed by atoms with E-state index in [1.54, 1.807) is 36.4 Å². The summed E-state index contributed by atoms with van der Waals surface area (Å²) in [5, 5.41) is 17.9. The molecular weight excluding hydrogens is 306 g/mol. The van der Waals surface area contributed by atoms with Crippen molar-refractivity contribution >= 4 is 15.9 Å². The van der Waals surface area contributed by atoms with Crippen LogP contribution in [0.1, 0.15) is 16.0 Å². The van der Waals surface area contributed by atoms with Gasteiger partial charge in [0.2, 0.25) is 0 Å². The minimum Gasteiger partial charge on any atom is -0.508 e. The number of hydrogen-bond acceptors (Lipinski definition) is 3. The van der Waals surface area contributed by atoms with Gasteiger partial charge in [-0.25, -0.2) is 0 Å². The summed E-state index contributed by atoms with van der Waals surface area (Å²) in [5.41, 5.74) is 1.70. The van der Waals surface area contributed by atoms with E-state index in [4.69, 9.17) is 10.00 Å². The van der Waals surface area contributed by atoms with Gasteiger partial charge in [0, 0.05) is 0 Å². The molecule has 0 aromatic heterocycles. The fourth-order valence-electron chi connectivity index (χ4n) is 1.57. The largest absolute Gasteiger partial charge is 0.508 e. The highest BCUT2D eigenvalue weighted by Crippen LogP contribution is 2.25. The Hall–Kier alpha value is -1.99. The van der Waals surface area contributed by atoms with Crippen LogP contribution in [0.3, 0.4) is 0 Å². The Balaban J connectivity index is 1.95. The van der Waals surface area contributed by atoms with Crippen LogP contribution in [0.25, 0.3) is 0 Å². The van der Waals surface area contributed by atoms with E-state index in [2.05, 4.69) is 22.0 Å². The Morgan fingerprint density at radius 3 is 2.32 bits per heavy atom. The highest BCUT2D eigenvalue weighted by molar-refractivity contribution is 9.09. The van der Waals surface area contributed by atoms with Gasteiger partial charge in [0.25, 0.3) is 0 Å². The van der Waals surface area contributed by atoms with Crippen molar-refractivity contribution in [3.8, 4) is 17.6 Å². The molecule has 0 aliphatic rings. The molecule has 0 heterocycles. The Labute approximate surface area is 120 Å². The Morgan fingerprint density at radius 2 is 1.74 bits per heavy atom. The first-order chi connectivity index (χ1) is 9.19. The summed E-state index contributed by atoms with van der Waals surface area (Å²) in [4.78, 5) is 0.0500. The first-order valence-electron chi connectivity index (χ1n) is 5.75. The van der Waals surface area contributed by atoms with E-state index < -0.39 is 0 Å². The topological polar surface area (TPSA) is 53.2 Å². The van der Waals surface area contributed by atoms with Crippen LogP contribution < -0.4 is 4.74 Å². The summed E-state index contributed by atoms with van der Waals surface area (Å²) in [6.07, 6.45) is 0. The second-order valence-electron chi connectivity index (χ2n) is 4.01. The number of phenolic OH excluding ortho intramolecular Hbond substituents is 1. The van der Waals surface area contributed by atoms with Gasteiger partial charge in [-0.15, -0.1) is 0 Å². The van der Waals surface area contributed by atoms with Gasteiger partial charge in [-0.1, -0.05) is 28.1 Å². The number of benzene rings is 2. The fourth-order valence-corrected chi connectivity index (χ4v) is 2.01. The molecule has 96 valence electrons. The average Bonchev–Trinajstić information content (AvgIpc) is 2.46. The molecule has 0 radical (unpaired) electrons. The quantitative estimate of drug-likeness (QED) is 0.873. The zero-order valence-corrected chi connectivity index (χ0v) is 11.7. The molecule has 3 nitrogen and oxygen atoms in total. The number of phenols is 1. The van der Waals surface area contributed by atoms with Crippen molar-refractivity contribution in [1.29, 1.82) is 5.26 Å². The maximum absolute atomic E-state index is 9.17. The summed E-state index contributed by atoms with van der Waals surface area (Å²) in [6, 6.07) is 16.1. The lowest BCUT2D eigenvalue weighted by Crippen LogP contribution is -2.04.